The third-order valence-corrected chi connectivity index (χ3v) is 3.22. The molecule has 78 valence electrons. The molecule has 1 aliphatic rings. The minimum absolute atomic E-state index is 0.0313. The first-order valence-corrected chi connectivity index (χ1v) is 5.26. The molecule has 1 aromatic carbocycles. The number of nitriles is 2. The average molecular weight is 208 g/mol. The van der Waals surface area contributed by atoms with Crippen LogP contribution in [-0.4, -0.2) is 0 Å². The first kappa shape index (κ1) is 10.5. The van der Waals surface area contributed by atoms with Crippen molar-refractivity contribution in [2.75, 3.05) is 0 Å². The SMILES string of the molecule is C=C1CC(c2ccccc2)C(C#N)(C#N)C1. The Morgan fingerprint density at radius 2 is 1.81 bits per heavy atom. The Morgan fingerprint density at radius 1 is 1.19 bits per heavy atom. The van der Waals surface area contributed by atoms with Gasteiger partial charge in [-0.15, -0.1) is 0 Å². The van der Waals surface area contributed by atoms with Gasteiger partial charge in [0.25, 0.3) is 0 Å². The molecule has 0 amide bonds. The van der Waals surface area contributed by atoms with E-state index in [0.717, 1.165) is 17.6 Å². The van der Waals surface area contributed by atoms with Gasteiger partial charge in [0.2, 0.25) is 0 Å². The largest absolute Gasteiger partial charge is 0.197 e. The Bertz CT molecular complexity index is 474. The Morgan fingerprint density at radius 3 is 2.38 bits per heavy atom. The van der Waals surface area contributed by atoms with Crippen molar-refractivity contribution in [3.8, 4) is 12.1 Å². The van der Waals surface area contributed by atoms with Crippen molar-refractivity contribution in [2.24, 2.45) is 5.41 Å². The topological polar surface area (TPSA) is 47.6 Å². The summed E-state index contributed by atoms with van der Waals surface area (Å²) in [5.74, 6) is -0.0313. The fraction of sp³-hybridized carbons (Fsp3) is 0.286. The van der Waals surface area contributed by atoms with Gasteiger partial charge < -0.3 is 0 Å². The average Bonchev–Trinajstić information content (AvgIpc) is 2.68. The molecule has 2 rings (SSSR count). The van der Waals surface area contributed by atoms with Crippen LogP contribution in [0.4, 0.5) is 0 Å². The smallest absolute Gasteiger partial charge is 0.154 e. The molecule has 0 saturated heterocycles. The van der Waals surface area contributed by atoms with Crippen molar-refractivity contribution in [1.82, 2.24) is 0 Å². The monoisotopic (exact) mass is 208 g/mol. The molecule has 1 atom stereocenters. The van der Waals surface area contributed by atoms with E-state index in [2.05, 4.69) is 18.7 Å². The summed E-state index contributed by atoms with van der Waals surface area (Å²) in [6, 6.07) is 14.1. The molecule has 0 radical (unpaired) electrons. The molecule has 1 unspecified atom stereocenters. The fourth-order valence-corrected chi connectivity index (χ4v) is 2.40. The maximum Gasteiger partial charge on any atom is 0.154 e. The van der Waals surface area contributed by atoms with E-state index in [4.69, 9.17) is 0 Å². The van der Waals surface area contributed by atoms with Crippen molar-refractivity contribution in [1.29, 1.82) is 10.5 Å². The third kappa shape index (κ3) is 1.49. The Kier molecular flexibility index (Phi) is 2.50. The first-order valence-electron chi connectivity index (χ1n) is 5.26. The standard InChI is InChI=1S/C14H12N2/c1-11-7-13(12-5-3-2-4-6-12)14(8-11,9-15)10-16/h2-6,13H,1,7-8H2. The number of benzene rings is 1. The van der Waals surface area contributed by atoms with Crippen LogP contribution in [0.25, 0.3) is 0 Å². The van der Waals surface area contributed by atoms with E-state index in [0.29, 0.717) is 6.42 Å². The van der Waals surface area contributed by atoms with Crippen LogP contribution in [0.1, 0.15) is 24.3 Å². The summed E-state index contributed by atoms with van der Waals surface area (Å²) in [7, 11) is 0. The van der Waals surface area contributed by atoms with E-state index < -0.39 is 5.41 Å². The molecular weight excluding hydrogens is 196 g/mol. The highest BCUT2D eigenvalue weighted by Crippen LogP contribution is 2.50. The molecule has 1 fully saturated rings. The normalized spacial score (nSPS) is 22.4. The quantitative estimate of drug-likeness (QED) is 0.665. The van der Waals surface area contributed by atoms with E-state index in [1.54, 1.807) is 0 Å². The number of allylic oxidation sites excluding steroid dienone is 1. The van der Waals surface area contributed by atoms with Crippen molar-refractivity contribution >= 4 is 0 Å². The molecular formula is C14H12N2. The molecule has 0 aromatic heterocycles. The second kappa shape index (κ2) is 3.83. The lowest BCUT2D eigenvalue weighted by Crippen LogP contribution is -2.19. The van der Waals surface area contributed by atoms with E-state index in [-0.39, 0.29) is 5.92 Å². The van der Waals surface area contributed by atoms with Gasteiger partial charge in [-0.2, -0.15) is 10.5 Å². The van der Waals surface area contributed by atoms with Gasteiger partial charge in [0.1, 0.15) is 0 Å². The predicted octanol–water partition coefficient (Wildman–Crippen LogP) is 3.15. The second-order valence-electron chi connectivity index (χ2n) is 4.29. The van der Waals surface area contributed by atoms with Gasteiger partial charge in [-0.25, -0.2) is 0 Å². The molecule has 1 aromatic rings. The summed E-state index contributed by atoms with van der Waals surface area (Å²) in [5, 5.41) is 18.5. The molecule has 0 N–H and O–H groups in total. The van der Waals surface area contributed by atoms with Crippen LogP contribution in [0.3, 0.4) is 0 Å². The zero-order chi connectivity index (χ0) is 11.6. The molecule has 0 bridgehead atoms. The van der Waals surface area contributed by atoms with Crippen molar-refractivity contribution in [2.45, 2.75) is 18.8 Å². The zero-order valence-corrected chi connectivity index (χ0v) is 8.98. The van der Waals surface area contributed by atoms with Gasteiger partial charge in [-0.05, 0) is 12.0 Å². The maximum atomic E-state index is 9.25. The van der Waals surface area contributed by atoms with Crippen LogP contribution in [0.15, 0.2) is 42.5 Å². The number of nitrogens with zero attached hydrogens (tertiary/aromatic N) is 2. The Balaban J connectivity index is 2.46. The van der Waals surface area contributed by atoms with Gasteiger partial charge in [0.15, 0.2) is 5.41 Å². The van der Waals surface area contributed by atoms with Gasteiger partial charge in [0, 0.05) is 12.3 Å². The van der Waals surface area contributed by atoms with Gasteiger partial charge in [-0.3, -0.25) is 0 Å². The first-order chi connectivity index (χ1) is 7.72. The molecule has 1 aliphatic carbocycles. The molecule has 0 aliphatic heterocycles. The predicted molar refractivity (Wildman–Crippen MR) is 61.2 cm³/mol. The van der Waals surface area contributed by atoms with Gasteiger partial charge in [-0.1, -0.05) is 42.5 Å². The Hall–Kier alpha value is -2.06. The van der Waals surface area contributed by atoms with E-state index >= 15 is 0 Å². The summed E-state index contributed by atoms with van der Waals surface area (Å²) >= 11 is 0. The Labute approximate surface area is 95.4 Å². The van der Waals surface area contributed by atoms with Crippen LogP contribution >= 0.6 is 0 Å². The molecule has 2 nitrogen and oxygen atoms in total. The van der Waals surface area contributed by atoms with Crippen LogP contribution < -0.4 is 0 Å². The van der Waals surface area contributed by atoms with Crippen molar-refractivity contribution in [3.63, 3.8) is 0 Å². The number of rotatable bonds is 1. The fourth-order valence-electron chi connectivity index (χ4n) is 2.40. The molecule has 0 heterocycles. The van der Waals surface area contributed by atoms with Crippen LogP contribution in [-0.2, 0) is 0 Å². The van der Waals surface area contributed by atoms with E-state index in [9.17, 15) is 10.5 Å². The van der Waals surface area contributed by atoms with Gasteiger partial charge in [0.05, 0.1) is 12.1 Å². The highest BCUT2D eigenvalue weighted by molar-refractivity contribution is 5.38. The molecule has 0 spiro atoms. The van der Waals surface area contributed by atoms with Crippen LogP contribution in [0.5, 0.6) is 0 Å². The molecule has 2 heteroatoms. The van der Waals surface area contributed by atoms with Crippen LogP contribution in [0, 0.1) is 28.1 Å². The van der Waals surface area contributed by atoms with Crippen LogP contribution in [0.2, 0.25) is 0 Å². The minimum Gasteiger partial charge on any atom is -0.197 e. The summed E-state index contributed by atoms with van der Waals surface area (Å²) < 4.78 is 0. The third-order valence-electron chi connectivity index (χ3n) is 3.22. The number of hydrogen-bond acceptors (Lipinski definition) is 2. The van der Waals surface area contributed by atoms with E-state index in [1.807, 2.05) is 30.3 Å². The summed E-state index contributed by atoms with van der Waals surface area (Å²) in [6.07, 6.45) is 1.24. The van der Waals surface area contributed by atoms with Gasteiger partial charge >= 0.3 is 0 Å². The maximum absolute atomic E-state index is 9.25. The zero-order valence-electron chi connectivity index (χ0n) is 8.98. The van der Waals surface area contributed by atoms with E-state index in [1.165, 1.54) is 0 Å². The lowest BCUT2D eigenvalue weighted by Gasteiger charge is -2.20. The lowest BCUT2D eigenvalue weighted by molar-refractivity contribution is 0.478. The number of hydrogen-bond donors (Lipinski definition) is 0. The van der Waals surface area contributed by atoms with Crippen molar-refractivity contribution in [3.05, 3.63) is 48.0 Å². The summed E-state index contributed by atoms with van der Waals surface area (Å²) in [4.78, 5) is 0. The molecule has 1 saturated carbocycles. The lowest BCUT2D eigenvalue weighted by atomic mass is 9.77. The second-order valence-corrected chi connectivity index (χ2v) is 4.29. The summed E-state index contributed by atoms with van der Waals surface area (Å²) in [6.45, 7) is 3.92. The summed E-state index contributed by atoms with van der Waals surface area (Å²) in [5.41, 5.74) is 1.14. The highest BCUT2D eigenvalue weighted by atomic mass is 14.5. The highest BCUT2D eigenvalue weighted by Gasteiger charge is 2.46. The minimum atomic E-state index is -0.918. The molecule has 16 heavy (non-hydrogen) atoms. The van der Waals surface area contributed by atoms with Crippen molar-refractivity contribution < 1.29 is 0 Å².